The van der Waals surface area contributed by atoms with Crippen molar-refractivity contribution in [3.63, 3.8) is 0 Å². The summed E-state index contributed by atoms with van der Waals surface area (Å²) in [5.41, 5.74) is 2.30. The fraction of sp³-hybridized carbons (Fsp3) is 0.400. The van der Waals surface area contributed by atoms with Gasteiger partial charge in [-0.25, -0.2) is 9.97 Å². The van der Waals surface area contributed by atoms with Gasteiger partial charge in [0.2, 0.25) is 0 Å². The van der Waals surface area contributed by atoms with Gasteiger partial charge in [0.1, 0.15) is 0 Å². The Bertz CT molecular complexity index is 393. The minimum atomic E-state index is 0.888. The Morgan fingerprint density at radius 3 is 3.13 bits per heavy atom. The van der Waals surface area contributed by atoms with Crippen molar-refractivity contribution in [1.82, 2.24) is 15.0 Å². The highest BCUT2D eigenvalue weighted by Gasteiger charge is 1.99. The van der Waals surface area contributed by atoms with E-state index in [0.717, 1.165) is 35.9 Å². The first kappa shape index (κ1) is 10.2. The Hall–Kier alpha value is -1.36. The highest BCUT2D eigenvalue weighted by Crippen LogP contribution is 2.15. The van der Waals surface area contributed by atoms with Crippen molar-refractivity contribution in [1.29, 1.82) is 0 Å². The molecule has 0 aliphatic rings. The molecular formula is C10H14N4S. The minimum absolute atomic E-state index is 0.888. The topological polar surface area (TPSA) is 53.6 Å². The molecule has 2 heterocycles. The number of hydrogen-bond acceptors (Lipinski definition) is 4. The molecule has 0 fully saturated rings. The molecule has 0 amide bonds. The third-order valence-electron chi connectivity index (χ3n) is 2.14. The Labute approximate surface area is 92.8 Å². The number of nitrogens with one attached hydrogen (secondary N) is 2. The van der Waals surface area contributed by atoms with Crippen molar-refractivity contribution in [3.8, 4) is 0 Å². The van der Waals surface area contributed by atoms with Crippen molar-refractivity contribution < 1.29 is 0 Å². The van der Waals surface area contributed by atoms with Crippen LogP contribution >= 0.6 is 11.3 Å². The maximum Gasteiger partial charge on any atom is 0.182 e. The van der Waals surface area contributed by atoms with Crippen LogP contribution in [0.25, 0.3) is 0 Å². The van der Waals surface area contributed by atoms with Gasteiger partial charge in [-0.05, 0) is 6.42 Å². The number of imidazole rings is 1. The van der Waals surface area contributed by atoms with E-state index in [1.165, 1.54) is 0 Å². The molecule has 2 aromatic rings. The number of nitrogens with zero attached hydrogens (tertiary/aromatic N) is 2. The summed E-state index contributed by atoms with van der Waals surface area (Å²) < 4.78 is 0. The molecule has 0 aliphatic carbocycles. The summed E-state index contributed by atoms with van der Waals surface area (Å²) in [5.74, 6) is 0. The molecule has 2 rings (SSSR count). The lowest BCUT2D eigenvalue weighted by Crippen LogP contribution is -2.04. The fourth-order valence-corrected chi connectivity index (χ4v) is 2.10. The van der Waals surface area contributed by atoms with Crippen LogP contribution in [0.5, 0.6) is 0 Å². The van der Waals surface area contributed by atoms with Crippen LogP contribution < -0.4 is 5.32 Å². The summed E-state index contributed by atoms with van der Waals surface area (Å²) in [6.07, 6.45) is 5.49. The van der Waals surface area contributed by atoms with E-state index in [4.69, 9.17) is 0 Å². The molecule has 0 bridgehead atoms. The number of aromatic amines is 1. The van der Waals surface area contributed by atoms with Crippen LogP contribution in [-0.4, -0.2) is 21.5 Å². The molecule has 0 saturated heterocycles. The molecule has 15 heavy (non-hydrogen) atoms. The predicted octanol–water partition coefficient (Wildman–Crippen LogP) is 2.08. The average Bonchev–Trinajstić information content (AvgIpc) is 2.88. The fourth-order valence-electron chi connectivity index (χ4n) is 1.28. The number of aryl methyl sites for hydroxylation is 1. The van der Waals surface area contributed by atoms with Gasteiger partial charge < -0.3 is 10.3 Å². The van der Waals surface area contributed by atoms with Gasteiger partial charge in [-0.1, -0.05) is 6.92 Å². The van der Waals surface area contributed by atoms with Gasteiger partial charge in [-0.15, -0.1) is 11.3 Å². The van der Waals surface area contributed by atoms with Crippen LogP contribution in [0.1, 0.15) is 18.3 Å². The lowest BCUT2D eigenvalue weighted by molar-refractivity contribution is 0.967. The molecule has 0 aliphatic heterocycles. The highest BCUT2D eigenvalue weighted by atomic mass is 32.1. The van der Waals surface area contributed by atoms with Crippen LogP contribution in [0.2, 0.25) is 0 Å². The Balaban J connectivity index is 1.78. The summed E-state index contributed by atoms with van der Waals surface area (Å²) in [7, 11) is 0. The van der Waals surface area contributed by atoms with Crippen LogP contribution in [0.3, 0.4) is 0 Å². The molecule has 0 spiro atoms. The standard InChI is InChI=1S/C10H14N4S/c1-2-8-6-15-10(14-8)12-4-3-9-5-11-7-13-9/h5-7H,2-4H2,1H3,(H,11,13)(H,12,14). The Morgan fingerprint density at radius 2 is 2.47 bits per heavy atom. The third kappa shape index (κ3) is 2.79. The number of anilines is 1. The van der Waals surface area contributed by atoms with E-state index in [1.807, 2.05) is 6.20 Å². The largest absolute Gasteiger partial charge is 0.361 e. The van der Waals surface area contributed by atoms with Crippen LogP contribution in [0.15, 0.2) is 17.9 Å². The summed E-state index contributed by atoms with van der Waals surface area (Å²) in [4.78, 5) is 11.5. The van der Waals surface area contributed by atoms with Crippen molar-refractivity contribution in [2.45, 2.75) is 19.8 Å². The maximum atomic E-state index is 4.43. The smallest absolute Gasteiger partial charge is 0.182 e. The zero-order chi connectivity index (χ0) is 10.5. The molecule has 0 unspecified atom stereocenters. The van der Waals surface area contributed by atoms with Gasteiger partial charge in [0.25, 0.3) is 0 Å². The van der Waals surface area contributed by atoms with Gasteiger partial charge in [-0.2, -0.15) is 0 Å². The van der Waals surface area contributed by atoms with Crippen LogP contribution in [-0.2, 0) is 12.8 Å². The first-order valence-electron chi connectivity index (χ1n) is 5.04. The normalized spacial score (nSPS) is 10.5. The van der Waals surface area contributed by atoms with E-state index < -0.39 is 0 Å². The minimum Gasteiger partial charge on any atom is -0.361 e. The average molecular weight is 222 g/mol. The van der Waals surface area contributed by atoms with Gasteiger partial charge in [0.15, 0.2) is 5.13 Å². The number of H-pyrrole nitrogens is 1. The zero-order valence-corrected chi connectivity index (χ0v) is 9.47. The third-order valence-corrected chi connectivity index (χ3v) is 2.99. The summed E-state index contributed by atoms with van der Waals surface area (Å²) in [5, 5.41) is 6.40. The van der Waals surface area contributed by atoms with Gasteiger partial charge in [0, 0.05) is 30.2 Å². The second-order valence-electron chi connectivity index (χ2n) is 3.25. The van der Waals surface area contributed by atoms with E-state index in [-0.39, 0.29) is 0 Å². The first-order chi connectivity index (χ1) is 7.38. The molecule has 4 nitrogen and oxygen atoms in total. The van der Waals surface area contributed by atoms with Gasteiger partial charge in [-0.3, -0.25) is 0 Å². The van der Waals surface area contributed by atoms with Crippen molar-refractivity contribution in [2.24, 2.45) is 0 Å². The maximum absolute atomic E-state index is 4.43. The first-order valence-corrected chi connectivity index (χ1v) is 5.92. The van der Waals surface area contributed by atoms with E-state index in [2.05, 4.69) is 32.6 Å². The Kier molecular flexibility index (Phi) is 3.34. The van der Waals surface area contributed by atoms with Crippen LogP contribution in [0, 0.1) is 0 Å². The second kappa shape index (κ2) is 4.93. The molecule has 0 atom stereocenters. The summed E-state index contributed by atoms with van der Waals surface area (Å²) >= 11 is 1.66. The summed E-state index contributed by atoms with van der Waals surface area (Å²) in [6, 6.07) is 0. The Morgan fingerprint density at radius 1 is 1.53 bits per heavy atom. The van der Waals surface area contributed by atoms with E-state index in [1.54, 1.807) is 17.7 Å². The zero-order valence-electron chi connectivity index (χ0n) is 8.66. The molecular weight excluding hydrogens is 208 g/mol. The molecule has 0 saturated carbocycles. The number of rotatable bonds is 5. The molecule has 80 valence electrons. The highest BCUT2D eigenvalue weighted by molar-refractivity contribution is 7.13. The SMILES string of the molecule is CCc1csc(NCCc2cnc[nH]2)n1. The van der Waals surface area contributed by atoms with Gasteiger partial charge >= 0.3 is 0 Å². The molecule has 5 heteroatoms. The second-order valence-corrected chi connectivity index (χ2v) is 4.11. The number of thiazole rings is 1. The molecule has 2 N–H and O–H groups in total. The van der Waals surface area contributed by atoms with Crippen molar-refractivity contribution in [3.05, 3.63) is 29.3 Å². The lowest BCUT2D eigenvalue weighted by atomic mass is 10.3. The predicted molar refractivity (Wildman–Crippen MR) is 62.3 cm³/mol. The number of hydrogen-bond donors (Lipinski definition) is 2. The van der Waals surface area contributed by atoms with Crippen molar-refractivity contribution >= 4 is 16.5 Å². The quantitative estimate of drug-likeness (QED) is 0.814. The molecule has 0 aromatic carbocycles. The van der Waals surface area contributed by atoms with E-state index >= 15 is 0 Å². The monoisotopic (exact) mass is 222 g/mol. The van der Waals surface area contributed by atoms with E-state index in [0.29, 0.717) is 0 Å². The molecule has 0 radical (unpaired) electrons. The summed E-state index contributed by atoms with van der Waals surface area (Å²) in [6.45, 7) is 3.00. The lowest BCUT2D eigenvalue weighted by Gasteiger charge is -1.99. The molecule has 2 aromatic heterocycles. The number of aromatic nitrogens is 3. The van der Waals surface area contributed by atoms with Crippen molar-refractivity contribution in [2.75, 3.05) is 11.9 Å². The van der Waals surface area contributed by atoms with Crippen LogP contribution in [0.4, 0.5) is 5.13 Å². The van der Waals surface area contributed by atoms with E-state index in [9.17, 15) is 0 Å². The van der Waals surface area contributed by atoms with Gasteiger partial charge in [0.05, 0.1) is 12.0 Å².